The van der Waals surface area contributed by atoms with E-state index in [1.807, 2.05) is 32.9 Å². The first kappa shape index (κ1) is 19.4. The zero-order valence-corrected chi connectivity index (χ0v) is 17.7. The van der Waals surface area contributed by atoms with Gasteiger partial charge in [-0.2, -0.15) is 0 Å². The van der Waals surface area contributed by atoms with E-state index in [0.29, 0.717) is 23.3 Å². The lowest BCUT2D eigenvalue weighted by molar-refractivity contribution is -0.143. The molecule has 0 saturated heterocycles. The van der Waals surface area contributed by atoms with Gasteiger partial charge in [0.05, 0.1) is 19.6 Å². The van der Waals surface area contributed by atoms with E-state index in [0.717, 1.165) is 23.2 Å². The van der Waals surface area contributed by atoms with Crippen molar-refractivity contribution in [3.05, 3.63) is 29.3 Å². The summed E-state index contributed by atoms with van der Waals surface area (Å²) >= 11 is 0. The van der Waals surface area contributed by atoms with Gasteiger partial charge in [-0.25, -0.2) is 0 Å². The van der Waals surface area contributed by atoms with Crippen molar-refractivity contribution in [3.63, 3.8) is 0 Å². The molecule has 0 aromatic heterocycles. The summed E-state index contributed by atoms with van der Waals surface area (Å²) in [4.78, 5) is 12.4. The molecule has 1 aromatic rings. The van der Waals surface area contributed by atoms with E-state index in [-0.39, 0.29) is 5.97 Å². The Morgan fingerprint density at radius 1 is 0.893 bits per heavy atom. The fourth-order valence-electron chi connectivity index (χ4n) is 5.60. The molecule has 4 aliphatic rings. The molecule has 0 unspecified atom stereocenters. The van der Waals surface area contributed by atoms with Crippen molar-refractivity contribution < 1.29 is 19.0 Å². The summed E-state index contributed by atoms with van der Waals surface area (Å²) in [6, 6.07) is 5.68. The molecule has 152 valence electrons. The van der Waals surface area contributed by atoms with Gasteiger partial charge in [-0.3, -0.25) is 4.79 Å². The van der Waals surface area contributed by atoms with Gasteiger partial charge in [0.15, 0.2) is 0 Å². The Morgan fingerprint density at radius 3 is 1.96 bits per heavy atom. The molecule has 0 radical (unpaired) electrons. The molecule has 0 atom stereocenters. The van der Waals surface area contributed by atoms with E-state index in [1.165, 1.54) is 37.7 Å². The summed E-state index contributed by atoms with van der Waals surface area (Å²) in [7, 11) is 3.39. The number of allylic oxidation sites excluding steroid dienone is 1. The monoisotopic (exact) mass is 384 g/mol. The highest BCUT2D eigenvalue weighted by Crippen LogP contribution is 2.58. The summed E-state index contributed by atoms with van der Waals surface area (Å²) in [6.45, 7) is 5.56. The van der Waals surface area contributed by atoms with Crippen molar-refractivity contribution in [1.82, 2.24) is 0 Å². The highest BCUT2D eigenvalue weighted by Gasteiger charge is 2.46. The van der Waals surface area contributed by atoms with Crippen LogP contribution in [-0.4, -0.2) is 20.2 Å². The third-order valence-corrected chi connectivity index (χ3v) is 6.68. The predicted molar refractivity (Wildman–Crippen MR) is 109 cm³/mol. The molecule has 28 heavy (non-hydrogen) atoms. The second-order valence-electron chi connectivity index (χ2n) is 9.83. The van der Waals surface area contributed by atoms with E-state index in [9.17, 15) is 4.79 Å². The molecule has 4 fully saturated rings. The molecule has 0 N–H and O–H groups in total. The average Bonchev–Trinajstić information content (AvgIpc) is 2.63. The molecule has 0 aliphatic heterocycles. The van der Waals surface area contributed by atoms with Gasteiger partial charge in [0.1, 0.15) is 17.3 Å². The summed E-state index contributed by atoms with van der Waals surface area (Å²) in [6.07, 6.45) is 6.61. The first-order chi connectivity index (χ1) is 13.3. The summed E-state index contributed by atoms with van der Waals surface area (Å²) < 4.78 is 17.1. The summed E-state index contributed by atoms with van der Waals surface area (Å²) in [5.41, 5.74) is 1.87. The Labute approximate surface area is 168 Å². The molecule has 1 aromatic carbocycles. The van der Waals surface area contributed by atoms with Crippen molar-refractivity contribution in [2.24, 2.45) is 29.1 Å². The maximum atomic E-state index is 12.4. The lowest BCUT2D eigenvalue weighted by Gasteiger charge is -2.51. The number of ether oxygens (including phenoxy) is 3. The van der Waals surface area contributed by atoms with Crippen molar-refractivity contribution >= 4 is 11.7 Å². The molecule has 0 spiro atoms. The minimum absolute atomic E-state index is 0.257. The second kappa shape index (κ2) is 7.13. The van der Waals surface area contributed by atoms with Crippen molar-refractivity contribution in [3.8, 4) is 11.5 Å². The van der Waals surface area contributed by atoms with Crippen LogP contribution in [-0.2, 0) is 9.53 Å². The van der Waals surface area contributed by atoms with Crippen LogP contribution < -0.4 is 9.47 Å². The quantitative estimate of drug-likeness (QED) is 0.393. The van der Waals surface area contributed by atoms with Gasteiger partial charge in [0.25, 0.3) is 0 Å². The van der Waals surface area contributed by atoms with Gasteiger partial charge < -0.3 is 14.2 Å². The van der Waals surface area contributed by atoms with Crippen LogP contribution in [0.2, 0.25) is 0 Å². The minimum Gasteiger partial charge on any atom is -0.497 e. The normalized spacial score (nSPS) is 28.2. The Kier molecular flexibility index (Phi) is 4.93. The molecule has 0 heterocycles. The Hall–Kier alpha value is -1.97. The smallest absolute Gasteiger partial charge is 0.316 e. The number of hydrogen-bond donors (Lipinski definition) is 0. The van der Waals surface area contributed by atoms with Crippen LogP contribution >= 0.6 is 0 Å². The van der Waals surface area contributed by atoms with E-state index in [4.69, 9.17) is 14.2 Å². The van der Waals surface area contributed by atoms with Crippen molar-refractivity contribution in [2.45, 2.75) is 52.9 Å². The maximum absolute atomic E-state index is 12.4. The predicted octanol–water partition coefficient (Wildman–Crippen LogP) is 5.46. The van der Waals surface area contributed by atoms with Crippen LogP contribution in [0.15, 0.2) is 23.8 Å². The number of esters is 1. The first-order valence-electron chi connectivity index (χ1n) is 10.5. The summed E-state index contributed by atoms with van der Waals surface area (Å²) in [5.74, 6) is 4.96. The molecule has 0 amide bonds. The van der Waals surface area contributed by atoms with Crippen molar-refractivity contribution in [2.75, 3.05) is 14.2 Å². The SMILES string of the molecule is COC(=C1C2CC3CC(C2)CC1C3)c1cc(OC)cc(OC(=O)C(C)(C)C)c1. The lowest BCUT2D eigenvalue weighted by Crippen LogP contribution is -2.40. The highest BCUT2D eigenvalue weighted by atomic mass is 16.5. The fraction of sp³-hybridized carbons (Fsp3) is 0.625. The van der Waals surface area contributed by atoms with Crippen LogP contribution in [0.25, 0.3) is 5.76 Å². The topological polar surface area (TPSA) is 44.8 Å². The lowest BCUT2D eigenvalue weighted by atomic mass is 9.54. The number of carbonyl (C=O) groups is 1. The van der Waals surface area contributed by atoms with Crippen molar-refractivity contribution in [1.29, 1.82) is 0 Å². The Bertz CT molecular complexity index is 769. The van der Waals surface area contributed by atoms with Crippen LogP contribution in [0.1, 0.15) is 58.4 Å². The molecular formula is C24H32O4. The molecular weight excluding hydrogens is 352 g/mol. The maximum Gasteiger partial charge on any atom is 0.316 e. The third-order valence-electron chi connectivity index (χ3n) is 6.68. The number of carbonyl (C=O) groups excluding carboxylic acids is 1. The summed E-state index contributed by atoms with van der Waals surface area (Å²) in [5, 5.41) is 0. The number of hydrogen-bond acceptors (Lipinski definition) is 4. The van der Waals surface area contributed by atoms with Gasteiger partial charge in [-0.05, 0) is 94.3 Å². The number of benzene rings is 1. The van der Waals surface area contributed by atoms with Crippen LogP contribution in [0.4, 0.5) is 0 Å². The molecule has 4 nitrogen and oxygen atoms in total. The average molecular weight is 385 g/mol. The zero-order valence-electron chi connectivity index (χ0n) is 17.7. The molecule has 4 aliphatic carbocycles. The van der Waals surface area contributed by atoms with Gasteiger partial charge in [0.2, 0.25) is 0 Å². The minimum atomic E-state index is -0.562. The Balaban J connectivity index is 1.72. The van der Waals surface area contributed by atoms with E-state index in [2.05, 4.69) is 0 Å². The third kappa shape index (κ3) is 3.54. The van der Waals surface area contributed by atoms with Gasteiger partial charge in [-0.15, -0.1) is 0 Å². The number of methoxy groups -OCH3 is 2. The Morgan fingerprint density at radius 2 is 1.46 bits per heavy atom. The standard InChI is InChI=1S/C24H32O4/c1-24(2,3)23(25)28-20-12-18(11-19(13-20)26-4)22(27-5)21-16-7-14-6-15(9-16)10-17(21)8-14/h11-17H,6-10H2,1-5H3. The highest BCUT2D eigenvalue weighted by molar-refractivity contribution is 5.78. The second-order valence-corrected chi connectivity index (χ2v) is 9.83. The van der Waals surface area contributed by atoms with E-state index < -0.39 is 5.41 Å². The molecule has 5 rings (SSSR count). The van der Waals surface area contributed by atoms with E-state index in [1.54, 1.807) is 20.3 Å². The number of rotatable bonds is 4. The zero-order chi connectivity index (χ0) is 20.1. The largest absolute Gasteiger partial charge is 0.497 e. The van der Waals surface area contributed by atoms with Crippen LogP contribution in [0.5, 0.6) is 11.5 Å². The van der Waals surface area contributed by atoms with Gasteiger partial charge in [0, 0.05) is 11.6 Å². The van der Waals surface area contributed by atoms with Crippen LogP contribution in [0, 0.1) is 29.1 Å². The van der Waals surface area contributed by atoms with Gasteiger partial charge >= 0.3 is 5.97 Å². The molecule has 4 bridgehead atoms. The molecule has 4 heteroatoms. The van der Waals surface area contributed by atoms with Crippen LogP contribution in [0.3, 0.4) is 0 Å². The van der Waals surface area contributed by atoms with E-state index >= 15 is 0 Å². The fourth-order valence-corrected chi connectivity index (χ4v) is 5.60. The van der Waals surface area contributed by atoms with Gasteiger partial charge in [-0.1, -0.05) is 0 Å². The first-order valence-corrected chi connectivity index (χ1v) is 10.5. The molecule has 4 saturated carbocycles.